The second-order valence-corrected chi connectivity index (χ2v) is 4.98. The van der Waals surface area contributed by atoms with Crippen LogP contribution in [0.2, 0.25) is 0 Å². The van der Waals surface area contributed by atoms with Crippen LogP contribution in [-0.4, -0.2) is 16.3 Å². The lowest BCUT2D eigenvalue weighted by Gasteiger charge is -2.18. The minimum Gasteiger partial charge on any atom is -0.469 e. The molecule has 0 aliphatic rings. The summed E-state index contributed by atoms with van der Waals surface area (Å²) in [5, 5.41) is 7.97. The summed E-state index contributed by atoms with van der Waals surface area (Å²) < 4.78 is 7.43. The van der Waals surface area contributed by atoms with Gasteiger partial charge in [-0.05, 0) is 37.7 Å². The molecule has 3 aromatic rings. The molecule has 0 aliphatic carbocycles. The van der Waals surface area contributed by atoms with Crippen molar-refractivity contribution in [2.24, 2.45) is 0 Å². The number of benzene rings is 1. The molecule has 1 aromatic carbocycles. The summed E-state index contributed by atoms with van der Waals surface area (Å²) in [7, 11) is 0. The van der Waals surface area contributed by atoms with E-state index in [1.54, 1.807) is 0 Å². The molecular weight excluding hydrogens is 262 g/mol. The van der Waals surface area contributed by atoms with E-state index in [0.717, 1.165) is 29.2 Å². The van der Waals surface area contributed by atoms with Gasteiger partial charge in [-0.2, -0.15) is 5.10 Å². The van der Waals surface area contributed by atoms with Crippen molar-refractivity contribution in [3.8, 4) is 5.69 Å². The molecule has 0 saturated carbocycles. The van der Waals surface area contributed by atoms with Gasteiger partial charge < -0.3 is 9.73 Å². The van der Waals surface area contributed by atoms with Crippen molar-refractivity contribution in [3.05, 3.63) is 71.9 Å². The number of hydrogen-bond donors (Lipinski definition) is 1. The lowest BCUT2D eigenvalue weighted by atomic mass is 10.1. The zero-order valence-electron chi connectivity index (χ0n) is 12.3. The van der Waals surface area contributed by atoms with E-state index in [0.29, 0.717) is 0 Å². The van der Waals surface area contributed by atoms with Crippen LogP contribution in [0, 0.1) is 6.92 Å². The minimum absolute atomic E-state index is 0.0650. The van der Waals surface area contributed by atoms with E-state index in [-0.39, 0.29) is 6.04 Å². The molecule has 4 nitrogen and oxygen atoms in total. The van der Waals surface area contributed by atoms with Gasteiger partial charge in [-0.3, -0.25) is 0 Å². The highest BCUT2D eigenvalue weighted by Gasteiger charge is 2.19. The highest BCUT2D eigenvalue weighted by molar-refractivity contribution is 5.36. The maximum atomic E-state index is 5.47. The highest BCUT2D eigenvalue weighted by Crippen LogP contribution is 2.25. The Morgan fingerprint density at radius 1 is 1.24 bits per heavy atom. The quantitative estimate of drug-likeness (QED) is 0.778. The van der Waals surface area contributed by atoms with E-state index in [1.165, 1.54) is 0 Å². The summed E-state index contributed by atoms with van der Waals surface area (Å²) in [6.45, 7) is 4.93. The number of furan rings is 1. The summed E-state index contributed by atoms with van der Waals surface area (Å²) in [4.78, 5) is 0. The van der Waals surface area contributed by atoms with E-state index >= 15 is 0 Å². The maximum absolute atomic E-state index is 5.47. The van der Waals surface area contributed by atoms with Crippen LogP contribution < -0.4 is 5.32 Å². The monoisotopic (exact) mass is 281 g/mol. The number of nitrogens with one attached hydrogen (secondary N) is 1. The third-order valence-electron chi connectivity index (χ3n) is 3.46. The molecule has 0 amide bonds. The van der Waals surface area contributed by atoms with Gasteiger partial charge in [0.25, 0.3) is 0 Å². The first-order valence-electron chi connectivity index (χ1n) is 7.17. The average Bonchev–Trinajstić information content (AvgIpc) is 3.15. The van der Waals surface area contributed by atoms with Crippen LogP contribution in [0.4, 0.5) is 0 Å². The molecule has 0 radical (unpaired) electrons. The lowest BCUT2D eigenvalue weighted by Crippen LogP contribution is -2.24. The molecule has 21 heavy (non-hydrogen) atoms. The third kappa shape index (κ3) is 2.76. The van der Waals surface area contributed by atoms with Gasteiger partial charge in [0.1, 0.15) is 5.76 Å². The van der Waals surface area contributed by atoms with Crippen molar-refractivity contribution in [2.75, 3.05) is 6.54 Å². The molecule has 0 saturated heterocycles. The SMILES string of the molecule is CCNC(c1coc(C)c1)c1ccnn1-c1ccccc1. The van der Waals surface area contributed by atoms with Crippen molar-refractivity contribution >= 4 is 0 Å². The molecule has 4 heteroatoms. The fraction of sp³-hybridized carbons (Fsp3) is 0.235. The number of nitrogens with zero attached hydrogens (tertiary/aromatic N) is 2. The van der Waals surface area contributed by atoms with Crippen LogP contribution in [0.1, 0.15) is 30.0 Å². The first-order chi connectivity index (χ1) is 10.3. The van der Waals surface area contributed by atoms with Gasteiger partial charge in [0, 0.05) is 11.8 Å². The van der Waals surface area contributed by atoms with Crippen LogP contribution in [-0.2, 0) is 0 Å². The van der Waals surface area contributed by atoms with Crippen molar-refractivity contribution in [3.63, 3.8) is 0 Å². The fourth-order valence-electron chi connectivity index (χ4n) is 2.53. The normalized spacial score (nSPS) is 12.5. The Hall–Kier alpha value is -2.33. The second-order valence-electron chi connectivity index (χ2n) is 4.98. The van der Waals surface area contributed by atoms with Crippen LogP contribution in [0.5, 0.6) is 0 Å². The Balaban J connectivity index is 2.03. The Morgan fingerprint density at radius 2 is 2.05 bits per heavy atom. The van der Waals surface area contributed by atoms with Crippen LogP contribution in [0.25, 0.3) is 5.69 Å². The summed E-state index contributed by atoms with van der Waals surface area (Å²) >= 11 is 0. The molecule has 2 heterocycles. The van der Waals surface area contributed by atoms with Crippen molar-refractivity contribution in [1.29, 1.82) is 0 Å². The third-order valence-corrected chi connectivity index (χ3v) is 3.46. The first kappa shape index (κ1) is 13.6. The van der Waals surface area contributed by atoms with Crippen LogP contribution in [0.3, 0.4) is 0 Å². The Bertz CT molecular complexity index is 700. The molecule has 0 fully saturated rings. The van der Waals surface area contributed by atoms with Crippen molar-refractivity contribution in [1.82, 2.24) is 15.1 Å². The molecule has 0 spiro atoms. The van der Waals surface area contributed by atoms with Gasteiger partial charge >= 0.3 is 0 Å². The summed E-state index contributed by atoms with van der Waals surface area (Å²) in [6, 6.07) is 14.3. The highest BCUT2D eigenvalue weighted by atomic mass is 16.3. The molecule has 1 unspecified atom stereocenters. The number of aryl methyl sites for hydroxylation is 1. The zero-order chi connectivity index (χ0) is 14.7. The number of rotatable bonds is 5. The van der Waals surface area contributed by atoms with Gasteiger partial charge in [-0.25, -0.2) is 4.68 Å². The van der Waals surface area contributed by atoms with Crippen molar-refractivity contribution in [2.45, 2.75) is 19.9 Å². The zero-order valence-corrected chi connectivity index (χ0v) is 12.3. The molecule has 2 aromatic heterocycles. The summed E-state index contributed by atoms with van der Waals surface area (Å²) in [6.07, 6.45) is 3.64. The lowest BCUT2D eigenvalue weighted by molar-refractivity contribution is 0.522. The molecule has 108 valence electrons. The minimum atomic E-state index is 0.0650. The smallest absolute Gasteiger partial charge is 0.101 e. The number of hydrogen-bond acceptors (Lipinski definition) is 3. The first-order valence-corrected chi connectivity index (χ1v) is 7.17. The maximum Gasteiger partial charge on any atom is 0.101 e. The summed E-state index contributed by atoms with van der Waals surface area (Å²) in [5.74, 6) is 0.915. The Morgan fingerprint density at radius 3 is 2.71 bits per heavy atom. The van der Waals surface area contributed by atoms with E-state index in [9.17, 15) is 0 Å². The fourth-order valence-corrected chi connectivity index (χ4v) is 2.53. The summed E-state index contributed by atoms with van der Waals surface area (Å²) in [5.41, 5.74) is 3.27. The largest absolute Gasteiger partial charge is 0.469 e. The number of para-hydroxylation sites is 1. The predicted molar refractivity (Wildman–Crippen MR) is 82.5 cm³/mol. The standard InChI is InChI=1S/C17H19N3O/c1-3-18-17(14-11-13(2)21-12-14)16-9-10-19-20(16)15-7-5-4-6-8-15/h4-12,17-18H,3H2,1-2H3. The Kier molecular flexibility index (Phi) is 3.88. The predicted octanol–water partition coefficient (Wildman–Crippen LogP) is 3.47. The van der Waals surface area contributed by atoms with E-state index in [1.807, 2.05) is 48.3 Å². The van der Waals surface area contributed by atoms with Gasteiger partial charge in [0.05, 0.1) is 23.7 Å². The topological polar surface area (TPSA) is 43.0 Å². The average molecular weight is 281 g/mol. The van der Waals surface area contributed by atoms with E-state index in [4.69, 9.17) is 4.42 Å². The molecule has 1 N–H and O–H groups in total. The van der Waals surface area contributed by atoms with Gasteiger partial charge in [0.15, 0.2) is 0 Å². The van der Waals surface area contributed by atoms with Gasteiger partial charge in [0.2, 0.25) is 0 Å². The molecule has 0 bridgehead atoms. The van der Waals surface area contributed by atoms with Crippen LogP contribution in [0.15, 0.2) is 59.3 Å². The second kappa shape index (κ2) is 5.97. The Labute approximate surface area is 124 Å². The molecule has 0 aliphatic heterocycles. The van der Waals surface area contributed by atoms with Gasteiger partial charge in [-0.1, -0.05) is 25.1 Å². The van der Waals surface area contributed by atoms with E-state index < -0.39 is 0 Å². The molecule has 1 atom stereocenters. The van der Waals surface area contributed by atoms with Crippen molar-refractivity contribution < 1.29 is 4.42 Å². The molecular formula is C17H19N3O. The van der Waals surface area contributed by atoms with Crippen LogP contribution >= 0.6 is 0 Å². The number of aromatic nitrogens is 2. The molecule has 3 rings (SSSR count). The van der Waals surface area contributed by atoms with Gasteiger partial charge in [-0.15, -0.1) is 0 Å². The van der Waals surface area contributed by atoms with E-state index in [2.05, 4.69) is 35.5 Å².